The van der Waals surface area contributed by atoms with Crippen molar-refractivity contribution in [1.29, 1.82) is 0 Å². The van der Waals surface area contributed by atoms with Gasteiger partial charge in [-0.05, 0) is 32.8 Å². The molecule has 0 spiro atoms. The second-order valence-electron chi connectivity index (χ2n) is 4.30. The summed E-state index contributed by atoms with van der Waals surface area (Å²) in [7, 11) is 1.70. The van der Waals surface area contributed by atoms with E-state index in [-0.39, 0.29) is 12.1 Å². The van der Waals surface area contributed by atoms with Crippen molar-refractivity contribution in [3.63, 3.8) is 0 Å². The van der Waals surface area contributed by atoms with Crippen LogP contribution in [0.15, 0.2) is 18.2 Å². The maximum absolute atomic E-state index is 6.03. The molecule has 84 valence electrons. The summed E-state index contributed by atoms with van der Waals surface area (Å²) >= 11 is 0. The van der Waals surface area contributed by atoms with Crippen LogP contribution < -0.4 is 5.73 Å². The average Bonchev–Trinajstić information content (AvgIpc) is 2.14. The van der Waals surface area contributed by atoms with E-state index in [9.17, 15) is 0 Å². The third kappa shape index (κ3) is 3.65. The first-order valence-corrected chi connectivity index (χ1v) is 5.38. The second kappa shape index (κ2) is 5.29. The molecule has 0 radical (unpaired) electrons. The lowest BCUT2D eigenvalue weighted by Gasteiger charge is -2.18. The number of methoxy groups -OCH3 is 1. The standard InChI is InChI=1S/C13H21NO/c1-9-5-10(2)7-12(6-9)8-13(14)11(3)15-4/h5-7,11,13H,8,14H2,1-4H3. The molecule has 1 rings (SSSR count). The Labute approximate surface area is 92.4 Å². The molecule has 0 aliphatic carbocycles. The molecule has 0 saturated heterocycles. The van der Waals surface area contributed by atoms with Crippen molar-refractivity contribution in [2.24, 2.45) is 5.73 Å². The van der Waals surface area contributed by atoms with Gasteiger partial charge in [-0.15, -0.1) is 0 Å². The molecule has 0 aromatic heterocycles. The van der Waals surface area contributed by atoms with Gasteiger partial charge in [-0.3, -0.25) is 0 Å². The summed E-state index contributed by atoms with van der Waals surface area (Å²) in [5.74, 6) is 0. The molecule has 0 fully saturated rings. The molecule has 2 unspecified atom stereocenters. The highest BCUT2D eigenvalue weighted by atomic mass is 16.5. The Kier molecular flexibility index (Phi) is 4.30. The normalized spacial score (nSPS) is 15.0. The fourth-order valence-corrected chi connectivity index (χ4v) is 1.80. The van der Waals surface area contributed by atoms with Gasteiger partial charge >= 0.3 is 0 Å². The SMILES string of the molecule is COC(C)C(N)Cc1cc(C)cc(C)c1. The number of nitrogens with two attached hydrogens (primary N) is 1. The van der Waals surface area contributed by atoms with Gasteiger partial charge in [-0.1, -0.05) is 29.3 Å². The van der Waals surface area contributed by atoms with Gasteiger partial charge in [0.15, 0.2) is 0 Å². The van der Waals surface area contributed by atoms with Gasteiger partial charge in [-0.2, -0.15) is 0 Å². The predicted molar refractivity (Wildman–Crippen MR) is 64.1 cm³/mol. The Bertz CT molecular complexity index is 302. The zero-order valence-electron chi connectivity index (χ0n) is 10.1. The van der Waals surface area contributed by atoms with Crippen LogP contribution in [0.2, 0.25) is 0 Å². The minimum absolute atomic E-state index is 0.0659. The summed E-state index contributed by atoms with van der Waals surface area (Å²) in [6.07, 6.45) is 0.975. The van der Waals surface area contributed by atoms with Crippen molar-refractivity contribution < 1.29 is 4.74 Å². The van der Waals surface area contributed by atoms with Gasteiger partial charge in [0.1, 0.15) is 0 Å². The van der Waals surface area contributed by atoms with Crippen LogP contribution in [0, 0.1) is 13.8 Å². The van der Waals surface area contributed by atoms with Crippen LogP contribution in [-0.4, -0.2) is 19.3 Å². The second-order valence-corrected chi connectivity index (χ2v) is 4.30. The zero-order chi connectivity index (χ0) is 11.4. The minimum Gasteiger partial charge on any atom is -0.380 e. The van der Waals surface area contributed by atoms with E-state index in [1.54, 1.807) is 7.11 Å². The lowest BCUT2D eigenvalue weighted by Crippen LogP contribution is -2.35. The molecule has 1 aromatic rings. The summed E-state index contributed by atoms with van der Waals surface area (Å²) in [5.41, 5.74) is 9.92. The zero-order valence-corrected chi connectivity index (χ0v) is 10.1. The molecule has 15 heavy (non-hydrogen) atoms. The summed E-state index contributed by atoms with van der Waals surface area (Å²) < 4.78 is 5.22. The summed E-state index contributed by atoms with van der Waals surface area (Å²) in [6.45, 7) is 6.23. The van der Waals surface area contributed by atoms with E-state index in [1.165, 1.54) is 16.7 Å². The Hall–Kier alpha value is -0.860. The maximum atomic E-state index is 6.03. The molecule has 0 aliphatic heterocycles. The van der Waals surface area contributed by atoms with Crippen molar-refractivity contribution in [3.05, 3.63) is 34.9 Å². The van der Waals surface area contributed by atoms with Gasteiger partial charge in [0, 0.05) is 13.2 Å². The van der Waals surface area contributed by atoms with Crippen LogP contribution in [0.4, 0.5) is 0 Å². The Morgan fingerprint density at radius 1 is 1.20 bits per heavy atom. The number of benzene rings is 1. The molecule has 0 amide bonds. The first kappa shape index (κ1) is 12.2. The van der Waals surface area contributed by atoms with Crippen molar-refractivity contribution in [3.8, 4) is 0 Å². The fraction of sp³-hybridized carbons (Fsp3) is 0.538. The van der Waals surface area contributed by atoms with Crippen LogP contribution >= 0.6 is 0 Å². The molecule has 2 nitrogen and oxygen atoms in total. The largest absolute Gasteiger partial charge is 0.380 e. The van der Waals surface area contributed by atoms with Gasteiger partial charge in [0.25, 0.3) is 0 Å². The Balaban J connectivity index is 2.72. The van der Waals surface area contributed by atoms with Crippen molar-refractivity contribution in [1.82, 2.24) is 0 Å². The summed E-state index contributed by atoms with van der Waals surface area (Å²) in [6, 6.07) is 6.62. The molecule has 0 aliphatic rings. The lowest BCUT2D eigenvalue weighted by molar-refractivity contribution is 0.0956. The number of hydrogen-bond donors (Lipinski definition) is 1. The van der Waals surface area contributed by atoms with Crippen LogP contribution in [0.5, 0.6) is 0 Å². The van der Waals surface area contributed by atoms with E-state index in [1.807, 2.05) is 6.92 Å². The average molecular weight is 207 g/mol. The van der Waals surface area contributed by atoms with E-state index < -0.39 is 0 Å². The van der Waals surface area contributed by atoms with Crippen LogP contribution in [0.3, 0.4) is 0 Å². The van der Waals surface area contributed by atoms with Crippen LogP contribution in [0.1, 0.15) is 23.6 Å². The van der Waals surface area contributed by atoms with Gasteiger partial charge < -0.3 is 10.5 Å². The molecule has 0 saturated carbocycles. The van der Waals surface area contributed by atoms with E-state index in [4.69, 9.17) is 10.5 Å². The molecule has 2 atom stereocenters. The predicted octanol–water partition coefficient (Wildman–Crippen LogP) is 2.21. The van der Waals surface area contributed by atoms with E-state index in [0.717, 1.165) is 6.42 Å². The van der Waals surface area contributed by atoms with Gasteiger partial charge in [0.2, 0.25) is 0 Å². The topological polar surface area (TPSA) is 35.2 Å². The number of aryl methyl sites for hydroxylation is 2. The highest BCUT2D eigenvalue weighted by Gasteiger charge is 2.12. The van der Waals surface area contributed by atoms with Crippen LogP contribution in [-0.2, 0) is 11.2 Å². The Morgan fingerprint density at radius 2 is 1.73 bits per heavy atom. The third-order valence-electron chi connectivity index (χ3n) is 2.73. The highest BCUT2D eigenvalue weighted by Crippen LogP contribution is 2.12. The number of rotatable bonds is 4. The smallest absolute Gasteiger partial charge is 0.0697 e. The maximum Gasteiger partial charge on any atom is 0.0697 e. The Morgan fingerprint density at radius 3 is 2.20 bits per heavy atom. The van der Waals surface area contributed by atoms with Gasteiger partial charge in [-0.25, -0.2) is 0 Å². The van der Waals surface area contributed by atoms with E-state index >= 15 is 0 Å². The van der Waals surface area contributed by atoms with Crippen LogP contribution in [0.25, 0.3) is 0 Å². The highest BCUT2D eigenvalue weighted by molar-refractivity contribution is 5.29. The fourth-order valence-electron chi connectivity index (χ4n) is 1.80. The molecular weight excluding hydrogens is 186 g/mol. The number of ether oxygens (including phenoxy) is 1. The van der Waals surface area contributed by atoms with E-state index in [0.29, 0.717) is 0 Å². The van der Waals surface area contributed by atoms with Crippen molar-refractivity contribution >= 4 is 0 Å². The summed E-state index contributed by atoms with van der Waals surface area (Å²) in [4.78, 5) is 0. The molecule has 2 heteroatoms. The molecule has 0 heterocycles. The van der Waals surface area contributed by atoms with Gasteiger partial charge in [0.05, 0.1) is 6.10 Å². The monoisotopic (exact) mass is 207 g/mol. The first-order valence-electron chi connectivity index (χ1n) is 5.38. The lowest BCUT2D eigenvalue weighted by atomic mass is 9.99. The van der Waals surface area contributed by atoms with Crippen molar-refractivity contribution in [2.75, 3.05) is 7.11 Å². The molecular formula is C13H21NO. The molecule has 0 bridgehead atoms. The minimum atomic E-state index is 0.0659. The molecule has 1 aromatic carbocycles. The van der Waals surface area contributed by atoms with E-state index in [2.05, 4.69) is 32.0 Å². The first-order chi connectivity index (χ1) is 7.02. The third-order valence-corrected chi connectivity index (χ3v) is 2.73. The summed E-state index contributed by atoms with van der Waals surface area (Å²) in [5, 5.41) is 0. The quantitative estimate of drug-likeness (QED) is 0.821. The van der Waals surface area contributed by atoms with Crippen molar-refractivity contribution in [2.45, 2.75) is 39.3 Å². The number of hydrogen-bond acceptors (Lipinski definition) is 2. The molecule has 2 N–H and O–H groups in total.